The number of pyridine rings is 5. The van der Waals surface area contributed by atoms with Crippen LogP contribution in [0.1, 0.15) is 61.1 Å². The van der Waals surface area contributed by atoms with Crippen LogP contribution in [-0.4, -0.2) is 126 Å². The Bertz CT molecular complexity index is 3530. The van der Waals surface area contributed by atoms with E-state index >= 15 is 0 Å². The molecule has 96 heavy (non-hydrogen) atoms. The van der Waals surface area contributed by atoms with Crippen molar-refractivity contribution >= 4 is 110 Å². The van der Waals surface area contributed by atoms with E-state index in [-0.39, 0.29) is 6.61 Å². The lowest BCUT2D eigenvalue weighted by Crippen LogP contribution is -2.45. The Hall–Kier alpha value is -8.19. The van der Waals surface area contributed by atoms with Crippen LogP contribution in [0.3, 0.4) is 0 Å². The van der Waals surface area contributed by atoms with Crippen molar-refractivity contribution in [3.8, 4) is 11.8 Å². The van der Waals surface area contributed by atoms with Crippen molar-refractivity contribution in [3.05, 3.63) is 229 Å². The van der Waals surface area contributed by atoms with Crippen molar-refractivity contribution < 1.29 is 14.6 Å². The van der Waals surface area contributed by atoms with Crippen molar-refractivity contribution in [3.63, 3.8) is 0 Å². The molecule has 0 aliphatic carbocycles. The summed E-state index contributed by atoms with van der Waals surface area (Å²) in [5.74, 6) is 6.37. The number of benzene rings is 3. The first-order valence-electron chi connectivity index (χ1n) is 31.3. The van der Waals surface area contributed by atoms with Gasteiger partial charge in [0, 0.05) is 109 Å². The molecule has 25 heteroatoms. The molecule has 508 valence electrons. The van der Waals surface area contributed by atoms with Crippen LogP contribution in [0.2, 0.25) is 0 Å². The molecule has 12 rings (SSSR count). The number of anilines is 7. The number of thioether (sulfide) groups is 1. The summed E-state index contributed by atoms with van der Waals surface area (Å²) in [7, 11) is 4.27. The van der Waals surface area contributed by atoms with Crippen molar-refractivity contribution in [2.45, 2.75) is 81.8 Å². The molecular formula is C71H90I2N18O3S2. The maximum Gasteiger partial charge on any atom is 0.232 e. The zero-order chi connectivity index (χ0) is 69.5. The minimum absolute atomic E-state index is 0.0926. The van der Waals surface area contributed by atoms with Crippen molar-refractivity contribution in [1.82, 2.24) is 54.7 Å². The third kappa shape index (κ3) is 30.3. The highest BCUT2D eigenvalue weighted by Gasteiger charge is 2.21. The van der Waals surface area contributed by atoms with Gasteiger partial charge < -0.3 is 62.8 Å². The first kappa shape index (κ1) is 78.5. The number of ether oxygens (including phenoxy) is 2. The molecule has 7 aromatic heterocycles. The van der Waals surface area contributed by atoms with E-state index in [2.05, 4.69) is 131 Å². The number of piperazine rings is 2. The Morgan fingerprint density at radius 2 is 0.833 bits per heavy atom. The molecule has 0 atom stereocenters. The molecule has 3 aromatic carbocycles. The van der Waals surface area contributed by atoms with E-state index < -0.39 is 0 Å². The van der Waals surface area contributed by atoms with Crippen LogP contribution >= 0.6 is 68.7 Å². The fraction of sp³-hybridized carbons (Fsp3) is 0.282. The molecule has 21 nitrogen and oxygen atoms in total. The topological polar surface area (TPSA) is 298 Å². The maximum atomic E-state index is 8.94. The molecule has 0 radical (unpaired) electrons. The van der Waals surface area contributed by atoms with E-state index in [9.17, 15) is 0 Å². The van der Waals surface area contributed by atoms with E-state index in [0.29, 0.717) is 60.0 Å². The van der Waals surface area contributed by atoms with E-state index in [0.717, 1.165) is 114 Å². The third-order valence-corrected chi connectivity index (χ3v) is 16.8. The molecule has 0 bridgehead atoms. The minimum Gasteiger partial charge on any atom is -0.472 e. The summed E-state index contributed by atoms with van der Waals surface area (Å²) in [5.41, 5.74) is 33.8. The Kier molecular flexibility index (Phi) is 36.4. The molecule has 0 amide bonds. The minimum atomic E-state index is 0.0926. The number of nitrogens with two attached hydrogens (primary N) is 5. The Morgan fingerprint density at radius 3 is 1.24 bits per heavy atom. The van der Waals surface area contributed by atoms with E-state index in [1.807, 2.05) is 157 Å². The highest BCUT2D eigenvalue weighted by molar-refractivity contribution is 14.1. The van der Waals surface area contributed by atoms with Gasteiger partial charge in [0.2, 0.25) is 23.7 Å². The molecule has 0 unspecified atom stereocenters. The number of aromatic nitrogens is 9. The number of rotatable bonds is 14. The summed E-state index contributed by atoms with van der Waals surface area (Å²) in [6.07, 6.45) is 12.4. The lowest BCUT2D eigenvalue weighted by molar-refractivity contribution is 0.282. The maximum absolute atomic E-state index is 8.94. The van der Waals surface area contributed by atoms with Gasteiger partial charge in [0.25, 0.3) is 0 Å². The molecule has 10 aromatic rings. The quantitative estimate of drug-likeness (QED) is 0.0435. The van der Waals surface area contributed by atoms with Crippen molar-refractivity contribution in [2.24, 2.45) is 0 Å². The third-order valence-electron chi connectivity index (χ3n) is 13.4. The van der Waals surface area contributed by atoms with E-state index in [1.54, 1.807) is 73.1 Å². The number of hydrogen-bond donors (Lipinski definition) is 6. The molecule has 2 aliphatic rings. The molecule has 9 heterocycles. The van der Waals surface area contributed by atoms with E-state index in [4.69, 9.17) is 48.2 Å². The number of nitrogens with zero attached hydrogens (tertiary/aromatic N) is 13. The number of likely N-dealkylation sites (N-methyl/N-ethyl adjacent to an activating group) is 2. The van der Waals surface area contributed by atoms with Crippen LogP contribution in [0.4, 0.5) is 41.0 Å². The van der Waals surface area contributed by atoms with Crippen LogP contribution in [0.15, 0.2) is 204 Å². The van der Waals surface area contributed by atoms with Gasteiger partial charge in [-0.1, -0.05) is 137 Å². The van der Waals surface area contributed by atoms with Gasteiger partial charge in [0.1, 0.15) is 42.3 Å². The summed E-state index contributed by atoms with van der Waals surface area (Å²) < 4.78 is 14.0. The Labute approximate surface area is 602 Å². The standard InChI is InChI=1S/C21H24N6OS.C16H19IN4O.C13H14N2OS.2C6H8N2.C5H5IN2.2C2H6/c1-26-9-11-27(12-10-26)21-24-14-18(29-17-7-8-19(22)23-13-17)20(25-21)28-15-16-5-3-2-4-6-16;1-20-7-9-21(10-8-20)16-18-11-14(17)15(19-16)22-12-13-5-3-2-4-6-13;14-13-6-5-12(7-15-13)17-9-11-3-1-10(8-16)2-4-11;2*1-5-2-3-6(7)8-4-5;6-4-1-2-5(7)8-3-4;2*1-2/h2-8,13-14H,9-12,15H2,1H3,(H2,22,23);2-6,11H,7-10,12H2,1H3;1-7,16H,8-9H2,(H2,14,15);2*2-4H,1H3,(H2,7,8);1-3H,(H2,7,8);2*1-2H3. The van der Waals surface area contributed by atoms with Gasteiger partial charge in [0.15, 0.2) is 0 Å². The SMILES string of the molecule is CC.CC.CN1CCN(c2ncc(I)c(OCc3ccccc3)n2)CC1.CN1CCN(c2ncc(Sc3ccc(N)nc3)c(OCc3ccccc3)n2)CC1.Cc1ccc(N)nc1.Cc1ccc(N)nc1.Nc1ccc(I)cn1.Nc1ccc(SCc2ccc(CO)cc2)cn1. The summed E-state index contributed by atoms with van der Waals surface area (Å²) >= 11 is 7.63. The average Bonchev–Trinajstić information content (AvgIpc) is 1.09. The van der Waals surface area contributed by atoms with E-state index in [1.165, 1.54) is 17.3 Å². The first-order valence-corrected chi connectivity index (χ1v) is 35.3. The number of hydrogen-bond acceptors (Lipinski definition) is 23. The lowest BCUT2D eigenvalue weighted by atomic mass is 10.2. The first-order chi connectivity index (χ1) is 46.5. The summed E-state index contributed by atoms with van der Waals surface area (Å²) in [6.45, 7) is 20.8. The number of aliphatic hydroxyl groups excluding tert-OH is 1. The van der Waals surface area contributed by atoms with Crippen molar-refractivity contribution in [2.75, 3.05) is 105 Å². The zero-order valence-electron chi connectivity index (χ0n) is 55.9. The van der Waals surface area contributed by atoms with Gasteiger partial charge in [-0.15, -0.1) is 11.8 Å². The van der Waals surface area contributed by atoms with Gasteiger partial charge in [0.05, 0.1) is 21.3 Å². The number of nitrogen functional groups attached to an aromatic ring is 5. The van der Waals surface area contributed by atoms with Gasteiger partial charge in [-0.3, -0.25) is 0 Å². The fourth-order valence-corrected chi connectivity index (χ4v) is 10.4. The van der Waals surface area contributed by atoms with Crippen LogP contribution < -0.4 is 47.9 Å². The van der Waals surface area contributed by atoms with Gasteiger partial charge in [-0.05, 0) is 155 Å². The molecule has 2 saturated heterocycles. The van der Waals surface area contributed by atoms with Gasteiger partial charge >= 0.3 is 0 Å². The Morgan fingerprint density at radius 1 is 0.427 bits per heavy atom. The van der Waals surface area contributed by atoms with Gasteiger partial charge in [-0.2, -0.15) is 9.97 Å². The number of aliphatic hydroxyl groups is 1. The monoisotopic (exact) mass is 1560 g/mol. The second-order valence-electron chi connectivity index (χ2n) is 20.9. The number of halogens is 2. The average molecular weight is 1560 g/mol. The molecule has 0 spiro atoms. The second kappa shape index (κ2) is 44.5. The Balaban J connectivity index is 0.000000221. The van der Waals surface area contributed by atoms with Gasteiger partial charge in [-0.25, -0.2) is 34.9 Å². The van der Waals surface area contributed by atoms with Crippen LogP contribution in [0.5, 0.6) is 11.8 Å². The lowest BCUT2D eigenvalue weighted by Gasteiger charge is -2.32. The van der Waals surface area contributed by atoms with Crippen LogP contribution in [0, 0.1) is 21.0 Å². The van der Waals surface area contributed by atoms with Crippen LogP contribution in [0.25, 0.3) is 0 Å². The van der Waals surface area contributed by atoms with Crippen molar-refractivity contribution in [1.29, 1.82) is 0 Å². The normalized spacial score (nSPS) is 12.3. The highest BCUT2D eigenvalue weighted by atomic mass is 127. The largest absolute Gasteiger partial charge is 0.472 e. The summed E-state index contributed by atoms with van der Waals surface area (Å²) in [6, 6.07) is 46.8. The molecule has 2 fully saturated rings. The predicted octanol–water partition coefficient (Wildman–Crippen LogP) is 13.1. The summed E-state index contributed by atoms with van der Waals surface area (Å²) in [5, 5.41) is 8.94. The fourth-order valence-electron chi connectivity index (χ4n) is 8.04. The summed E-state index contributed by atoms with van der Waals surface area (Å²) in [4.78, 5) is 50.1. The van der Waals surface area contributed by atoms with Crippen LogP contribution in [-0.2, 0) is 25.6 Å². The second-order valence-corrected chi connectivity index (χ2v) is 25.5. The molecular weight excluding hydrogens is 1470 g/mol. The smallest absolute Gasteiger partial charge is 0.232 e. The molecule has 2 aliphatic heterocycles. The highest BCUT2D eigenvalue weighted by Crippen LogP contribution is 2.35. The zero-order valence-corrected chi connectivity index (χ0v) is 61.9. The number of aryl methyl sites for hydroxylation is 2. The molecule has 0 saturated carbocycles. The predicted molar refractivity (Wildman–Crippen MR) is 412 cm³/mol. The molecule has 11 N–H and O–H groups in total.